The van der Waals surface area contributed by atoms with Gasteiger partial charge in [-0.05, 0) is 48.5 Å². The summed E-state index contributed by atoms with van der Waals surface area (Å²) in [7, 11) is 0. The van der Waals surface area contributed by atoms with Crippen molar-refractivity contribution in [3.05, 3.63) is 46.7 Å². The van der Waals surface area contributed by atoms with Crippen LogP contribution in [0.2, 0.25) is 5.02 Å². The van der Waals surface area contributed by atoms with Crippen LogP contribution in [0.1, 0.15) is 11.3 Å². The number of hydrogen-bond donors (Lipinski definition) is 1. The van der Waals surface area contributed by atoms with E-state index in [4.69, 9.17) is 11.6 Å². The number of aliphatic hydroxyl groups is 1. The van der Waals surface area contributed by atoms with Crippen LogP contribution in [0, 0.1) is 6.92 Å². The summed E-state index contributed by atoms with van der Waals surface area (Å²) in [4.78, 5) is 9.39. The smallest absolute Gasteiger partial charge is 0.192 e. The van der Waals surface area contributed by atoms with Crippen molar-refractivity contribution >= 4 is 23.4 Å². The Kier molecular flexibility index (Phi) is 3.99. The lowest BCUT2D eigenvalue weighted by Gasteiger charge is -2.06. The first-order valence-corrected chi connectivity index (χ1v) is 6.25. The summed E-state index contributed by atoms with van der Waals surface area (Å²) >= 11 is 7.29. The molecule has 3 nitrogen and oxygen atoms in total. The van der Waals surface area contributed by atoms with Crippen molar-refractivity contribution in [2.75, 3.05) is 0 Å². The van der Waals surface area contributed by atoms with Crippen LogP contribution in [0.5, 0.6) is 0 Å². The molecule has 0 aliphatic carbocycles. The van der Waals surface area contributed by atoms with Gasteiger partial charge in [-0.15, -0.1) is 0 Å². The minimum atomic E-state index is -0.0469. The molecule has 2 aromatic rings. The van der Waals surface area contributed by atoms with Gasteiger partial charge in [0, 0.05) is 21.8 Å². The van der Waals surface area contributed by atoms with Crippen LogP contribution < -0.4 is 0 Å². The Morgan fingerprint density at radius 3 is 2.88 bits per heavy atom. The standard InChI is InChI=1S/C12H11ClN2OS/c1-8-4-5-14-12(15-8)17-11-3-2-10(13)6-9(11)7-16/h2-6,16H,7H2,1H3. The van der Waals surface area contributed by atoms with Crippen molar-refractivity contribution in [1.82, 2.24) is 9.97 Å². The van der Waals surface area contributed by atoms with E-state index >= 15 is 0 Å². The SMILES string of the molecule is Cc1ccnc(Sc2ccc(Cl)cc2CO)n1. The summed E-state index contributed by atoms with van der Waals surface area (Å²) in [6.45, 7) is 1.87. The average molecular weight is 267 g/mol. The van der Waals surface area contributed by atoms with Gasteiger partial charge < -0.3 is 5.11 Å². The summed E-state index contributed by atoms with van der Waals surface area (Å²) in [5, 5.41) is 10.5. The van der Waals surface area contributed by atoms with Gasteiger partial charge in [0.1, 0.15) is 0 Å². The summed E-state index contributed by atoms with van der Waals surface area (Å²) < 4.78 is 0. The number of rotatable bonds is 3. The van der Waals surface area contributed by atoms with E-state index in [9.17, 15) is 5.11 Å². The minimum Gasteiger partial charge on any atom is -0.392 e. The van der Waals surface area contributed by atoms with Crippen molar-refractivity contribution in [2.24, 2.45) is 0 Å². The Bertz CT molecular complexity index is 534. The highest BCUT2D eigenvalue weighted by atomic mass is 35.5. The van der Waals surface area contributed by atoms with E-state index < -0.39 is 0 Å². The Balaban J connectivity index is 2.29. The normalized spacial score (nSPS) is 10.5. The molecule has 0 radical (unpaired) electrons. The highest BCUT2D eigenvalue weighted by Crippen LogP contribution is 2.29. The van der Waals surface area contributed by atoms with E-state index in [1.54, 1.807) is 18.3 Å². The van der Waals surface area contributed by atoms with E-state index in [1.165, 1.54) is 11.8 Å². The van der Waals surface area contributed by atoms with Gasteiger partial charge in [0.2, 0.25) is 0 Å². The maximum atomic E-state index is 9.26. The topological polar surface area (TPSA) is 46.0 Å². The fraction of sp³-hybridized carbons (Fsp3) is 0.167. The molecule has 1 aromatic heterocycles. The predicted octanol–water partition coefficient (Wildman–Crippen LogP) is 3.08. The quantitative estimate of drug-likeness (QED) is 0.868. The first-order chi connectivity index (χ1) is 8.19. The molecule has 0 saturated carbocycles. The number of hydrogen-bond acceptors (Lipinski definition) is 4. The van der Waals surface area contributed by atoms with Crippen LogP contribution in [0.15, 0.2) is 40.5 Å². The van der Waals surface area contributed by atoms with Gasteiger partial charge in [-0.1, -0.05) is 11.6 Å². The number of aryl methyl sites for hydroxylation is 1. The summed E-state index contributed by atoms with van der Waals surface area (Å²) in [5.41, 5.74) is 1.70. The van der Waals surface area contributed by atoms with E-state index in [0.29, 0.717) is 10.2 Å². The fourth-order valence-corrected chi connectivity index (χ4v) is 2.43. The van der Waals surface area contributed by atoms with Gasteiger partial charge in [0.25, 0.3) is 0 Å². The second-order valence-electron chi connectivity index (χ2n) is 3.49. The minimum absolute atomic E-state index is 0.0469. The maximum Gasteiger partial charge on any atom is 0.192 e. The number of benzene rings is 1. The third-order valence-electron chi connectivity index (χ3n) is 2.17. The molecule has 1 aromatic carbocycles. The number of aliphatic hydroxyl groups excluding tert-OH is 1. The lowest BCUT2D eigenvalue weighted by molar-refractivity contribution is 0.279. The molecule has 2 rings (SSSR count). The van der Waals surface area contributed by atoms with Gasteiger partial charge in [-0.2, -0.15) is 0 Å². The molecule has 0 aliphatic rings. The van der Waals surface area contributed by atoms with Gasteiger partial charge in [-0.3, -0.25) is 0 Å². The summed E-state index contributed by atoms with van der Waals surface area (Å²) in [6, 6.07) is 7.25. The molecule has 0 fully saturated rings. The number of halogens is 1. The number of nitrogens with zero attached hydrogens (tertiary/aromatic N) is 2. The maximum absolute atomic E-state index is 9.26. The summed E-state index contributed by atoms with van der Waals surface area (Å²) in [6.07, 6.45) is 1.72. The van der Waals surface area contributed by atoms with Crippen LogP contribution in [0.4, 0.5) is 0 Å². The zero-order chi connectivity index (χ0) is 12.3. The highest BCUT2D eigenvalue weighted by molar-refractivity contribution is 7.99. The lowest BCUT2D eigenvalue weighted by Crippen LogP contribution is -1.91. The molecule has 88 valence electrons. The molecule has 5 heteroatoms. The van der Waals surface area contributed by atoms with E-state index in [1.807, 2.05) is 19.1 Å². The molecule has 0 aliphatic heterocycles. The zero-order valence-electron chi connectivity index (χ0n) is 9.22. The third-order valence-corrected chi connectivity index (χ3v) is 3.40. The molecule has 0 spiro atoms. The second kappa shape index (κ2) is 5.49. The van der Waals surface area contributed by atoms with Crippen molar-refractivity contribution in [2.45, 2.75) is 23.6 Å². The largest absolute Gasteiger partial charge is 0.392 e. The van der Waals surface area contributed by atoms with Gasteiger partial charge >= 0.3 is 0 Å². The Labute approximate surface area is 109 Å². The highest BCUT2D eigenvalue weighted by Gasteiger charge is 2.06. The van der Waals surface area contributed by atoms with Gasteiger partial charge in [-0.25, -0.2) is 9.97 Å². The molecular formula is C12H11ClN2OS. The molecule has 0 unspecified atom stereocenters. The van der Waals surface area contributed by atoms with E-state index in [0.717, 1.165) is 16.2 Å². The van der Waals surface area contributed by atoms with Crippen molar-refractivity contribution in [1.29, 1.82) is 0 Å². The predicted molar refractivity (Wildman–Crippen MR) is 68.3 cm³/mol. The first-order valence-electron chi connectivity index (χ1n) is 5.06. The monoisotopic (exact) mass is 266 g/mol. The molecule has 17 heavy (non-hydrogen) atoms. The first kappa shape index (κ1) is 12.4. The molecule has 1 heterocycles. The van der Waals surface area contributed by atoms with E-state index in [2.05, 4.69) is 9.97 Å². The Hall–Kier alpha value is -1.10. The van der Waals surface area contributed by atoms with Gasteiger partial charge in [0.15, 0.2) is 5.16 Å². The van der Waals surface area contributed by atoms with Gasteiger partial charge in [0.05, 0.1) is 6.61 Å². The molecule has 0 saturated heterocycles. The molecule has 0 bridgehead atoms. The van der Waals surface area contributed by atoms with Crippen molar-refractivity contribution in [3.8, 4) is 0 Å². The molecular weight excluding hydrogens is 256 g/mol. The van der Waals surface area contributed by atoms with Crippen molar-refractivity contribution < 1.29 is 5.11 Å². The molecule has 1 N–H and O–H groups in total. The van der Waals surface area contributed by atoms with Crippen LogP contribution >= 0.6 is 23.4 Å². The van der Waals surface area contributed by atoms with Crippen LogP contribution in [-0.4, -0.2) is 15.1 Å². The van der Waals surface area contributed by atoms with Crippen LogP contribution in [0.25, 0.3) is 0 Å². The lowest BCUT2D eigenvalue weighted by atomic mass is 10.2. The van der Waals surface area contributed by atoms with Crippen LogP contribution in [-0.2, 0) is 6.61 Å². The molecule has 0 atom stereocenters. The Morgan fingerprint density at radius 2 is 2.18 bits per heavy atom. The number of aromatic nitrogens is 2. The Morgan fingerprint density at radius 1 is 1.35 bits per heavy atom. The fourth-order valence-electron chi connectivity index (χ4n) is 1.34. The zero-order valence-corrected chi connectivity index (χ0v) is 10.8. The van der Waals surface area contributed by atoms with Crippen LogP contribution in [0.3, 0.4) is 0 Å². The third kappa shape index (κ3) is 3.19. The van der Waals surface area contributed by atoms with E-state index in [-0.39, 0.29) is 6.61 Å². The molecule has 0 amide bonds. The van der Waals surface area contributed by atoms with Crippen molar-refractivity contribution in [3.63, 3.8) is 0 Å². The summed E-state index contributed by atoms with van der Waals surface area (Å²) in [5.74, 6) is 0. The second-order valence-corrected chi connectivity index (χ2v) is 4.94. The average Bonchev–Trinajstić information content (AvgIpc) is 2.31.